The van der Waals surface area contributed by atoms with E-state index in [1.165, 1.54) is 18.4 Å². The van der Waals surface area contributed by atoms with Gasteiger partial charge in [-0.1, -0.05) is 13.8 Å². The number of furan rings is 1. The first kappa shape index (κ1) is 9.78. The van der Waals surface area contributed by atoms with Gasteiger partial charge in [0.1, 0.15) is 0 Å². The van der Waals surface area contributed by atoms with E-state index in [1.807, 2.05) is 6.26 Å². The normalized spacial score (nSPS) is 17.3. The first-order valence-electron chi connectivity index (χ1n) is 5.40. The van der Waals surface area contributed by atoms with E-state index in [4.69, 9.17) is 4.42 Å². The Balaban J connectivity index is 1.81. The molecule has 2 nitrogen and oxygen atoms in total. The average Bonchev–Trinajstić information content (AvgIpc) is 2.82. The van der Waals surface area contributed by atoms with Crippen molar-refractivity contribution in [3.63, 3.8) is 0 Å². The van der Waals surface area contributed by atoms with Gasteiger partial charge in [-0.3, -0.25) is 0 Å². The zero-order valence-corrected chi connectivity index (χ0v) is 9.05. The maximum atomic E-state index is 5.08. The summed E-state index contributed by atoms with van der Waals surface area (Å²) in [5, 5.41) is 3.58. The number of hydrogen-bond donors (Lipinski definition) is 1. The van der Waals surface area contributed by atoms with Gasteiger partial charge >= 0.3 is 0 Å². The van der Waals surface area contributed by atoms with Crippen LogP contribution in [0.1, 0.15) is 32.3 Å². The van der Waals surface area contributed by atoms with Crippen molar-refractivity contribution in [2.75, 3.05) is 6.54 Å². The van der Waals surface area contributed by atoms with Crippen molar-refractivity contribution in [3.8, 4) is 0 Å². The molecule has 1 fully saturated rings. The van der Waals surface area contributed by atoms with Gasteiger partial charge in [-0.2, -0.15) is 0 Å². The molecule has 0 aromatic carbocycles. The van der Waals surface area contributed by atoms with Gasteiger partial charge in [0, 0.05) is 12.6 Å². The Morgan fingerprint density at radius 3 is 2.86 bits per heavy atom. The molecule has 78 valence electrons. The van der Waals surface area contributed by atoms with Crippen LogP contribution in [0.4, 0.5) is 0 Å². The predicted octanol–water partition coefficient (Wildman–Crippen LogP) is 2.60. The van der Waals surface area contributed by atoms with Crippen molar-refractivity contribution in [1.82, 2.24) is 5.32 Å². The quantitative estimate of drug-likeness (QED) is 0.777. The summed E-state index contributed by atoms with van der Waals surface area (Å²) in [5.41, 5.74) is 1.62. The first-order chi connectivity index (χ1) is 6.66. The van der Waals surface area contributed by atoms with Crippen molar-refractivity contribution in [2.45, 2.75) is 39.2 Å². The van der Waals surface area contributed by atoms with E-state index in [1.54, 1.807) is 6.26 Å². The van der Waals surface area contributed by atoms with Gasteiger partial charge in [-0.15, -0.1) is 0 Å². The molecule has 2 heteroatoms. The van der Waals surface area contributed by atoms with E-state index in [0.29, 0.717) is 5.41 Å². The Labute approximate surface area is 85.7 Å². The van der Waals surface area contributed by atoms with Gasteiger partial charge < -0.3 is 9.73 Å². The van der Waals surface area contributed by atoms with Crippen LogP contribution in [0.3, 0.4) is 0 Å². The van der Waals surface area contributed by atoms with E-state index in [2.05, 4.69) is 25.2 Å². The summed E-state index contributed by atoms with van der Waals surface area (Å²) in [7, 11) is 0. The van der Waals surface area contributed by atoms with Crippen LogP contribution in [0.15, 0.2) is 23.0 Å². The summed E-state index contributed by atoms with van der Waals surface area (Å²) in [4.78, 5) is 0. The SMILES string of the molecule is CC(C)(CNC1CC1)Cc1ccoc1. The van der Waals surface area contributed by atoms with Gasteiger partial charge in [0.25, 0.3) is 0 Å². The average molecular weight is 193 g/mol. The molecule has 1 aromatic rings. The maximum Gasteiger partial charge on any atom is 0.0934 e. The first-order valence-corrected chi connectivity index (χ1v) is 5.40. The smallest absolute Gasteiger partial charge is 0.0934 e. The van der Waals surface area contributed by atoms with Gasteiger partial charge in [-0.05, 0) is 36.3 Å². The molecule has 0 spiro atoms. The van der Waals surface area contributed by atoms with E-state index in [-0.39, 0.29) is 0 Å². The molecule has 0 amide bonds. The predicted molar refractivity (Wildman–Crippen MR) is 57.2 cm³/mol. The monoisotopic (exact) mass is 193 g/mol. The number of hydrogen-bond acceptors (Lipinski definition) is 2. The van der Waals surface area contributed by atoms with Crippen molar-refractivity contribution in [1.29, 1.82) is 0 Å². The lowest BCUT2D eigenvalue weighted by Gasteiger charge is -2.24. The molecule has 0 bridgehead atoms. The van der Waals surface area contributed by atoms with E-state index in [9.17, 15) is 0 Å². The Morgan fingerprint density at radius 1 is 1.50 bits per heavy atom. The van der Waals surface area contributed by atoms with Gasteiger partial charge in [0.15, 0.2) is 0 Å². The molecule has 1 aliphatic rings. The standard InChI is InChI=1S/C12H19NO/c1-12(2,9-13-11-3-4-11)7-10-5-6-14-8-10/h5-6,8,11,13H,3-4,7,9H2,1-2H3. The number of rotatable bonds is 5. The zero-order chi connectivity index (χ0) is 10.0. The molecule has 1 heterocycles. The zero-order valence-electron chi connectivity index (χ0n) is 9.05. The Kier molecular flexibility index (Phi) is 2.64. The minimum absolute atomic E-state index is 0.326. The summed E-state index contributed by atoms with van der Waals surface area (Å²) >= 11 is 0. The van der Waals surface area contributed by atoms with Crippen LogP contribution in [0.25, 0.3) is 0 Å². The summed E-state index contributed by atoms with van der Waals surface area (Å²) < 4.78 is 5.08. The third-order valence-electron chi connectivity index (χ3n) is 2.71. The molecule has 1 aromatic heterocycles. The molecule has 1 saturated carbocycles. The summed E-state index contributed by atoms with van der Waals surface area (Å²) in [5.74, 6) is 0. The van der Waals surface area contributed by atoms with Crippen molar-refractivity contribution in [3.05, 3.63) is 24.2 Å². The van der Waals surface area contributed by atoms with Crippen LogP contribution >= 0.6 is 0 Å². The topological polar surface area (TPSA) is 25.2 Å². The molecule has 0 unspecified atom stereocenters. The summed E-state index contributed by atoms with van der Waals surface area (Å²) in [6.07, 6.45) is 7.41. The summed E-state index contributed by atoms with van der Waals surface area (Å²) in [6, 6.07) is 2.86. The fraction of sp³-hybridized carbons (Fsp3) is 0.667. The second-order valence-corrected chi connectivity index (χ2v) is 5.13. The fourth-order valence-corrected chi connectivity index (χ4v) is 1.72. The molecule has 1 N–H and O–H groups in total. The minimum Gasteiger partial charge on any atom is -0.472 e. The molecule has 1 aliphatic carbocycles. The van der Waals surface area contributed by atoms with Crippen LogP contribution in [0.5, 0.6) is 0 Å². The highest BCUT2D eigenvalue weighted by Crippen LogP contribution is 2.24. The highest BCUT2D eigenvalue weighted by Gasteiger charge is 2.25. The van der Waals surface area contributed by atoms with Crippen molar-refractivity contribution in [2.24, 2.45) is 5.41 Å². The molecule has 0 saturated heterocycles. The van der Waals surface area contributed by atoms with Crippen LogP contribution in [-0.2, 0) is 6.42 Å². The van der Waals surface area contributed by atoms with Crippen LogP contribution < -0.4 is 5.32 Å². The highest BCUT2D eigenvalue weighted by molar-refractivity contribution is 5.08. The molecule has 14 heavy (non-hydrogen) atoms. The van der Waals surface area contributed by atoms with E-state index >= 15 is 0 Å². The van der Waals surface area contributed by atoms with Crippen molar-refractivity contribution >= 4 is 0 Å². The largest absolute Gasteiger partial charge is 0.472 e. The highest BCUT2D eigenvalue weighted by atomic mass is 16.3. The van der Waals surface area contributed by atoms with Gasteiger partial charge in [0.2, 0.25) is 0 Å². The maximum absolute atomic E-state index is 5.08. The van der Waals surface area contributed by atoms with E-state index in [0.717, 1.165) is 19.0 Å². The van der Waals surface area contributed by atoms with Crippen LogP contribution in [0.2, 0.25) is 0 Å². The Hall–Kier alpha value is -0.760. The van der Waals surface area contributed by atoms with Gasteiger partial charge in [-0.25, -0.2) is 0 Å². The summed E-state index contributed by atoms with van der Waals surface area (Å²) in [6.45, 7) is 5.70. The second-order valence-electron chi connectivity index (χ2n) is 5.13. The molecular formula is C12H19NO. The molecular weight excluding hydrogens is 174 g/mol. The Morgan fingerprint density at radius 2 is 2.29 bits per heavy atom. The van der Waals surface area contributed by atoms with Crippen molar-refractivity contribution < 1.29 is 4.42 Å². The molecule has 0 aliphatic heterocycles. The minimum atomic E-state index is 0.326. The number of nitrogens with one attached hydrogen (secondary N) is 1. The lowest BCUT2D eigenvalue weighted by Crippen LogP contribution is -2.32. The molecule has 0 radical (unpaired) electrons. The third-order valence-corrected chi connectivity index (χ3v) is 2.71. The Bertz CT molecular complexity index is 273. The van der Waals surface area contributed by atoms with Gasteiger partial charge in [0.05, 0.1) is 12.5 Å². The fourth-order valence-electron chi connectivity index (χ4n) is 1.72. The van der Waals surface area contributed by atoms with E-state index < -0.39 is 0 Å². The van der Waals surface area contributed by atoms with Crippen LogP contribution in [-0.4, -0.2) is 12.6 Å². The molecule has 2 rings (SSSR count). The third kappa shape index (κ3) is 2.88. The lowest BCUT2D eigenvalue weighted by molar-refractivity contribution is 0.336. The van der Waals surface area contributed by atoms with Crippen LogP contribution in [0, 0.1) is 5.41 Å². The second kappa shape index (κ2) is 3.77. The lowest BCUT2D eigenvalue weighted by atomic mass is 9.86. The molecule has 0 atom stereocenters.